The van der Waals surface area contributed by atoms with Gasteiger partial charge in [0, 0.05) is 7.05 Å². The Morgan fingerprint density at radius 2 is 1.60 bits per heavy atom. The van der Waals surface area contributed by atoms with Crippen LogP contribution < -0.4 is 5.69 Å². The minimum absolute atomic E-state index is 0.0109. The first kappa shape index (κ1) is 12.5. The summed E-state index contributed by atoms with van der Waals surface area (Å²) in [5, 5.41) is 0. The maximum absolute atomic E-state index is 12.3. The van der Waals surface area contributed by atoms with Gasteiger partial charge in [0.2, 0.25) is 0 Å². The summed E-state index contributed by atoms with van der Waals surface area (Å²) in [6.07, 6.45) is 0. The number of allylic oxidation sites excluding steroid dienone is 1. The largest absolute Gasteiger partial charge is 0.329 e. The highest BCUT2D eigenvalue weighted by Crippen LogP contribution is 2.17. The van der Waals surface area contributed by atoms with Crippen molar-refractivity contribution >= 4 is 16.6 Å². The molecule has 0 saturated carbocycles. The molecule has 2 aromatic carbocycles. The van der Waals surface area contributed by atoms with Crippen LogP contribution in [0.25, 0.3) is 16.6 Å². The van der Waals surface area contributed by atoms with Crippen LogP contribution in [0, 0.1) is 0 Å². The van der Waals surface area contributed by atoms with Gasteiger partial charge in [-0.2, -0.15) is 0 Å². The monoisotopic (exact) mass is 264 g/mol. The molecule has 0 N–H and O–H groups in total. The minimum Gasteiger partial charge on any atom is -0.295 e. The highest BCUT2D eigenvalue weighted by molar-refractivity contribution is 5.77. The van der Waals surface area contributed by atoms with Crippen molar-refractivity contribution in [2.75, 3.05) is 0 Å². The molecule has 0 unspecified atom stereocenters. The first-order valence-electron chi connectivity index (χ1n) is 6.56. The molecule has 0 aliphatic carbocycles. The molecule has 0 fully saturated rings. The van der Waals surface area contributed by atoms with Crippen LogP contribution in [0.1, 0.15) is 5.56 Å². The van der Waals surface area contributed by atoms with Crippen molar-refractivity contribution in [1.82, 2.24) is 9.13 Å². The van der Waals surface area contributed by atoms with E-state index in [1.54, 1.807) is 16.2 Å². The topological polar surface area (TPSA) is 26.9 Å². The highest BCUT2D eigenvalue weighted by atomic mass is 16.1. The molecule has 3 nitrogen and oxygen atoms in total. The molecule has 0 saturated heterocycles. The Morgan fingerprint density at radius 1 is 1.00 bits per heavy atom. The summed E-state index contributed by atoms with van der Waals surface area (Å²) >= 11 is 0. The van der Waals surface area contributed by atoms with E-state index in [-0.39, 0.29) is 5.69 Å². The highest BCUT2D eigenvalue weighted by Gasteiger charge is 2.11. The SMILES string of the molecule is C=C(Cn1c(=O)n(C)c2ccccc21)c1ccccc1. The lowest BCUT2D eigenvalue weighted by atomic mass is 10.1. The lowest BCUT2D eigenvalue weighted by Gasteiger charge is -2.07. The molecule has 0 aliphatic heterocycles. The average Bonchev–Trinajstić information content (AvgIpc) is 2.74. The van der Waals surface area contributed by atoms with Crippen LogP contribution in [0.4, 0.5) is 0 Å². The predicted molar refractivity (Wildman–Crippen MR) is 82.7 cm³/mol. The second-order valence-corrected chi connectivity index (χ2v) is 4.89. The van der Waals surface area contributed by atoms with E-state index in [0.717, 1.165) is 22.2 Å². The van der Waals surface area contributed by atoms with Gasteiger partial charge in [0.05, 0.1) is 17.6 Å². The fraction of sp³-hybridized carbons (Fsp3) is 0.118. The quantitative estimate of drug-likeness (QED) is 0.714. The first-order chi connectivity index (χ1) is 9.68. The van der Waals surface area contributed by atoms with Gasteiger partial charge in [-0.3, -0.25) is 9.13 Å². The maximum Gasteiger partial charge on any atom is 0.329 e. The number of rotatable bonds is 3. The smallest absolute Gasteiger partial charge is 0.295 e. The Labute approximate surface area is 117 Å². The van der Waals surface area contributed by atoms with Gasteiger partial charge in [0.15, 0.2) is 0 Å². The Hall–Kier alpha value is -2.55. The maximum atomic E-state index is 12.3. The van der Waals surface area contributed by atoms with Crippen LogP contribution in [0.3, 0.4) is 0 Å². The Morgan fingerprint density at radius 3 is 2.30 bits per heavy atom. The molecule has 0 aliphatic rings. The number of para-hydroxylation sites is 2. The van der Waals surface area contributed by atoms with Crippen LogP contribution in [0.5, 0.6) is 0 Å². The van der Waals surface area contributed by atoms with Crippen molar-refractivity contribution in [1.29, 1.82) is 0 Å². The van der Waals surface area contributed by atoms with E-state index >= 15 is 0 Å². The molecule has 1 heterocycles. The van der Waals surface area contributed by atoms with E-state index in [2.05, 4.69) is 6.58 Å². The second-order valence-electron chi connectivity index (χ2n) is 4.89. The summed E-state index contributed by atoms with van der Waals surface area (Å²) in [4.78, 5) is 12.3. The van der Waals surface area contributed by atoms with Crippen LogP contribution in [0.2, 0.25) is 0 Å². The molecule has 20 heavy (non-hydrogen) atoms. The molecule has 0 spiro atoms. The van der Waals surface area contributed by atoms with Crippen molar-refractivity contribution in [3.63, 3.8) is 0 Å². The van der Waals surface area contributed by atoms with Gasteiger partial charge < -0.3 is 0 Å². The summed E-state index contributed by atoms with van der Waals surface area (Å²) in [7, 11) is 1.80. The standard InChI is InChI=1S/C17H16N2O/c1-13(14-8-4-3-5-9-14)12-19-16-11-7-6-10-15(16)18(2)17(19)20/h3-11H,1,12H2,2H3. The molecule has 3 aromatic rings. The average molecular weight is 264 g/mol. The lowest BCUT2D eigenvalue weighted by molar-refractivity contribution is 0.757. The van der Waals surface area contributed by atoms with Gasteiger partial charge in [-0.15, -0.1) is 0 Å². The van der Waals surface area contributed by atoms with Gasteiger partial charge in [0.25, 0.3) is 0 Å². The van der Waals surface area contributed by atoms with Crippen LogP contribution in [0.15, 0.2) is 66.0 Å². The number of benzene rings is 2. The lowest BCUT2D eigenvalue weighted by Crippen LogP contribution is -2.22. The van der Waals surface area contributed by atoms with Crippen molar-refractivity contribution in [3.8, 4) is 0 Å². The van der Waals surface area contributed by atoms with Crippen molar-refractivity contribution < 1.29 is 0 Å². The van der Waals surface area contributed by atoms with Crippen molar-refractivity contribution in [2.45, 2.75) is 6.54 Å². The molecule has 100 valence electrons. The number of imidazole rings is 1. The molecular formula is C17H16N2O. The normalized spacial score (nSPS) is 10.8. The summed E-state index contributed by atoms with van der Waals surface area (Å²) in [5.74, 6) is 0. The van der Waals surface area contributed by atoms with Gasteiger partial charge in [-0.1, -0.05) is 49.0 Å². The number of hydrogen-bond donors (Lipinski definition) is 0. The van der Waals surface area contributed by atoms with Crippen LogP contribution >= 0.6 is 0 Å². The molecule has 3 rings (SSSR count). The van der Waals surface area contributed by atoms with Crippen molar-refractivity contribution in [2.24, 2.45) is 7.05 Å². The number of aromatic nitrogens is 2. The number of hydrogen-bond acceptors (Lipinski definition) is 1. The third-order valence-corrected chi connectivity index (χ3v) is 3.58. The fourth-order valence-electron chi connectivity index (χ4n) is 2.47. The Bertz CT molecular complexity index is 825. The molecule has 3 heteroatoms. The summed E-state index contributed by atoms with van der Waals surface area (Å²) < 4.78 is 3.44. The Balaban J connectivity index is 2.06. The van der Waals surface area contributed by atoms with Gasteiger partial charge >= 0.3 is 5.69 Å². The number of nitrogens with zero attached hydrogens (tertiary/aromatic N) is 2. The van der Waals surface area contributed by atoms with E-state index in [4.69, 9.17) is 0 Å². The predicted octanol–water partition coefficient (Wildman–Crippen LogP) is 3.05. The zero-order valence-electron chi connectivity index (χ0n) is 11.4. The minimum atomic E-state index is -0.0109. The summed E-state index contributed by atoms with van der Waals surface area (Å²) in [6.45, 7) is 4.61. The van der Waals surface area contributed by atoms with E-state index in [1.807, 2.05) is 54.6 Å². The van der Waals surface area contributed by atoms with Gasteiger partial charge in [0.1, 0.15) is 0 Å². The fourth-order valence-corrected chi connectivity index (χ4v) is 2.47. The zero-order chi connectivity index (χ0) is 14.1. The van der Waals surface area contributed by atoms with Crippen LogP contribution in [-0.4, -0.2) is 9.13 Å². The summed E-state index contributed by atoms with van der Waals surface area (Å²) in [5.41, 5.74) is 3.87. The molecule has 0 bridgehead atoms. The molecule has 0 amide bonds. The van der Waals surface area contributed by atoms with E-state index in [0.29, 0.717) is 6.54 Å². The van der Waals surface area contributed by atoms with Crippen LogP contribution in [-0.2, 0) is 13.6 Å². The van der Waals surface area contributed by atoms with Gasteiger partial charge in [-0.25, -0.2) is 4.79 Å². The van der Waals surface area contributed by atoms with Gasteiger partial charge in [-0.05, 0) is 23.3 Å². The number of aryl methyl sites for hydroxylation is 1. The Kier molecular flexibility index (Phi) is 3.03. The third kappa shape index (κ3) is 1.97. The summed E-state index contributed by atoms with van der Waals surface area (Å²) in [6, 6.07) is 17.8. The first-order valence-corrected chi connectivity index (χ1v) is 6.56. The molecule has 1 aromatic heterocycles. The molecule has 0 radical (unpaired) electrons. The van der Waals surface area contributed by atoms with Crippen molar-refractivity contribution in [3.05, 3.63) is 77.2 Å². The number of fused-ring (bicyclic) bond motifs is 1. The third-order valence-electron chi connectivity index (χ3n) is 3.58. The zero-order valence-corrected chi connectivity index (χ0v) is 11.4. The van der Waals surface area contributed by atoms with E-state index in [1.165, 1.54) is 0 Å². The second kappa shape index (κ2) is 4.85. The molecule has 0 atom stereocenters. The van der Waals surface area contributed by atoms with E-state index in [9.17, 15) is 4.79 Å². The molecular weight excluding hydrogens is 248 g/mol. The van der Waals surface area contributed by atoms with E-state index < -0.39 is 0 Å².